The first kappa shape index (κ1) is 30.8. The molecule has 0 N–H and O–H groups in total. The highest BCUT2D eigenvalue weighted by molar-refractivity contribution is 14.1. The fourth-order valence-electron chi connectivity index (χ4n) is 11.1. The van der Waals surface area contributed by atoms with Gasteiger partial charge in [-0.3, -0.25) is 0 Å². The van der Waals surface area contributed by atoms with E-state index in [0.717, 1.165) is 0 Å². The Morgan fingerprint density at radius 1 is 0.385 bits per heavy atom. The molecule has 0 aliphatic carbocycles. The molecule has 0 aromatic heterocycles. The molecule has 0 amide bonds. The Bertz CT molecular complexity index is 2810. The van der Waals surface area contributed by atoms with Gasteiger partial charge in [0.1, 0.15) is 0 Å². The minimum atomic E-state index is -0.0479. The van der Waals surface area contributed by atoms with Crippen LogP contribution in [-0.4, -0.2) is 13.4 Å². The highest BCUT2D eigenvalue weighted by Gasteiger charge is 2.45. The first-order valence-electron chi connectivity index (χ1n) is 18.6. The molecule has 0 saturated heterocycles. The maximum Gasteiger partial charge on any atom is 0.244 e. The third kappa shape index (κ3) is 3.62. The van der Waals surface area contributed by atoms with Crippen LogP contribution in [0.2, 0.25) is 0 Å². The van der Waals surface area contributed by atoms with Crippen LogP contribution in [0.15, 0.2) is 97.1 Å². The van der Waals surface area contributed by atoms with Gasteiger partial charge in [-0.25, -0.2) is 0 Å². The third-order valence-corrected chi connectivity index (χ3v) is 14.2. The summed E-state index contributed by atoms with van der Waals surface area (Å²) in [5, 5.41) is 8.80. The molecular formula is C48H34B2I2. The van der Waals surface area contributed by atoms with Crippen LogP contribution >= 0.6 is 45.2 Å². The third-order valence-electron chi connectivity index (χ3n) is 13.0. The molecule has 0 fully saturated rings. The van der Waals surface area contributed by atoms with Crippen molar-refractivity contribution in [2.24, 2.45) is 0 Å². The Hall–Kier alpha value is -3.61. The van der Waals surface area contributed by atoms with Crippen molar-refractivity contribution in [3.05, 3.63) is 115 Å². The van der Waals surface area contributed by atoms with E-state index in [2.05, 4.69) is 184 Å². The van der Waals surface area contributed by atoms with E-state index in [1.54, 1.807) is 0 Å². The zero-order valence-electron chi connectivity index (χ0n) is 30.1. The molecule has 4 aliphatic heterocycles. The molecular weight excluding hydrogens is 852 g/mol. The van der Waals surface area contributed by atoms with Crippen molar-refractivity contribution in [1.82, 2.24) is 0 Å². The quantitative estimate of drug-likeness (QED) is 0.0810. The lowest BCUT2D eigenvalue weighted by atomic mass is 9.34. The van der Waals surface area contributed by atoms with Crippen molar-refractivity contribution < 1.29 is 0 Å². The van der Waals surface area contributed by atoms with Crippen molar-refractivity contribution >= 4 is 124 Å². The molecule has 246 valence electrons. The summed E-state index contributed by atoms with van der Waals surface area (Å²) in [4.78, 5) is 0. The normalized spacial score (nSPS) is 14.5. The molecule has 0 radical (unpaired) electrons. The van der Waals surface area contributed by atoms with Gasteiger partial charge >= 0.3 is 0 Å². The number of rotatable bonds is 0. The van der Waals surface area contributed by atoms with Crippen LogP contribution < -0.4 is 32.8 Å². The second-order valence-corrected chi connectivity index (χ2v) is 20.3. The molecule has 4 heterocycles. The van der Waals surface area contributed by atoms with Crippen LogP contribution in [0.5, 0.6) is 0 Å². The number of fused-ring (bicyclic) bond motifs is 10. The smallest absolute Gasteiger partial charge is 0.0664 e. The van der Waals surface area contributed by atoms with E-state index in [1.165, 1.54) is 128 Å². The fraction of sp³-hybridized carbons (Fsp3) is 0.167. The van der Waals surface area contributed by atoms with Gasteiger partial charge in [0.15, 0.2) is 0 Å². The molecule has 8 aromatic rings. The summed E-state index contributed by atoms with van der Waals surface area (Å²) >= 11 is 5.12. The van der Waals surface area contributed by atoms with Crippen LogP contribution in [0.4, 0.5) is 0 Å². The molecule has 12 rings (SSSR count). The van der Waals surface area contributed by atoms with E-state index in [9.17, 15) is 0 Å². The van der Waals surface area contributed by atoms with Gasteiger partial charge in [0.25, 0.3) is 0 Å². The Morgan fingerprint density at radius 3 is 1.13 bits per heavy atom. The summed E-state index contributed by atoms with van der Waals surface area (Å²) in [6.45, 7) is 15.0. The maximum atomic E-state index is 2.67. The summed E-state index contributed by atoms with van der Waals surface area (Å²) in [5.74, 6) is 0. The van der Waals surface area contributed by atoms with Gasteiger partial charge in [0.2, 0.25) is 13.4 Å². The molecule has 52 heavy (non-hydrogen) atoms. The SMILES string of the molecule is CC(C)(C)c1cc2c3c(cc4c(C(C)(C)C)cc5c6c(cc1c3c46)B1c3ccccc3-c3cc(I)cc-5c31)B1c3ccccc3-c3cc(I)cc-2c31. The molecule has 0 spiro atoms. The Labute approximate surface area is 333 Å². The van der Waals surface area contributed by atoms with Crippen molar-refractivity contribution in [3.63, 3.8) is 0 Å². The van der Waals surface area contributed by atoms with Gasteiger partial charge in [-0.05, 0) is 180 Å². The highest BCUT2D eigenvalue weighted by Crippen LogP contribution is 2.51. The number of benzene rings is 8. The van der Waals surface area contributed by atoms with Gasteiger partial charge in [0.05, 0.1) is 0 Å². The number of halogens is 2. The Balaban J connectivity index is 1.37. The molecule has 0 nitrogen and oxygen atoms in total. The zero-order chi connectivity index (χ0) is 35.3. The maximum absolute atomic E-state index is 2.67. The van der Waals surface area contributed by atoms with E-state index in [0.29, 0.717) is 0 Å². The molecule has 4 aliphatic rings. The number of hydrogen-bond donors (Lipinski definition) is 0. The van der Waals surface area contributed by atoms with Crippen LogP contribution in [0.1, 0.15) is 52.7 Å². The van der Waals surface area contributed by atoms with E-state index < -0.39 is 0 Å². The van der Waals surface area contributed by atoms with E-state index in [1.807, 2.05) is 0 Å². The zero-order valence-corrected chi connectivity index (χ0v) is 34.5. The minimum absolute atomic E-state index is 0.0479. The fourth-order valence-corrected chi connectivity index (χ4v) is 12.3. The van der Waals surface area contributed by atoms with Crippen molar-refractivity contribution in [3.8, 4) is 44.5 Å². The second-order valence-electron chi connectivity index (χ2n) is 17.8. The van der Waals surface area contributed by atoms with Crippen molar-refractivity contribution in [2.75, 3.05) is 0 Å². The van der Waals surface area contributed by atoms with Crippen molar-refractivity contribution in [1.29, 1.82) is 0 Å². The van der Waals surface area contributed by atoms with E-state index >= 15 is 0 Å². The van der Waals surface area contributed by atoms with Crippen LogP contribution in [-0.2, 0) is 10.8 Å². The molecule has 4 heteroatoms. The predicted molar refractivity (Wildman–Crippen MR) is 244 cm³/mol. The average molecular weight is 886 g/mol. The molecule has 0 bridgehead atoms. The average Bonchev–Trinajstić information content (AvgIpc) is 3.61. The highest BCUT2D eigenvalue weighted by atomic mass is 127. The largest absolute Gasteiger partial charge is 0.244 e. The Morgan fingerprint density at radius 2 is 0.750 bits per heavy atom. The standard InChI is InChI=1S/C48H34B2I2/c1-47(2,3)35-19-27-31-17-23(51)15-29-25-11-8-10-14-38(25)50(45(29)31)40-22-34-36(48(4,5)6)20-28-32-18-24(52)16-30-26-12-7-9-13-37(26)49(46(30)32)39-21-33(35)43(41(27)40)44(34)42(28)39/h7-22H,1-6H3. The van der Waals surface area contributed by atoms with Gasteiger partial charge in [-0.1, -0.05) is 135 Å². The van der Waals surface area contributed by atoms with Crippen LogP contribution in [0, 0.1) is 7.14 Å². The Kier molecular flexibility index (Phi) is 5.76. The first-order chi connectivity index (χ1) is 24.9. The molecule has 8 aromatic carbocycles. The van der Waals surface area contributed by atoms with Gasteiger partial charge in [0, 0.05) is 7.14 Å². The van der Waals surface area contributed by atoms with Gasteiger partial charge < -0.3 is 0 Å². The second kappa shape index (κ2) is 9.73. The molecule has 0 unspecified atom stereocenters. The predicted octanol–water partition coefficient (Wildman–Crippen LogP) is 9.34. The van der Waals surface area contributed by atoms with Gasteiger partial charge in [-0.15, -0.1) is 0 Å². The lowest BCUT2D eigenvalue weighted by molar-refractivity contribution is 0.595. The number of hydrogen-bond acceptors (Lipinski definition) is 0. The van der Waals surface area contributed by atoms with Crippen LogP contribution in [0.3, 0.4) is 0 Å². The summed E-state index contributed by atoms with van der Waals surface area (Å²) in [5.41, 5.74) is 23.0. The first-order valence-corrected chi connectivity index (χ1v) is 20.8. The lowest BCUT2D eigenvalue weighted by Gasteiger charge is -2.35. The summed E-state index contributed by atoms with van der Waals surface area (Å²) in [6, 6.07) is 38.8. The molecule has 0 saturated carbocycles. The molecule has 0 atom stereocenters. The summed E-state index contributed by atoms with van der Waals surface area (Å²) in [7, 11) is 0. The van der Waals surface area contributed by atoms with E-state index in [-0.39, 0.29) is 24.3 Å². The monoisotopic (exact) mass is 886 g/mol. The topological polar surface area (TPSA) is 0 Å². The van der Waals surface area contributed by atoms with Gasteiger partial charge in [-0.2, -0.15) is 0 Å². The lowest BCUT2D eigenvalue weighted by Crippen LogP contribution is -2.53. The summed E-state index contributed by atoms with van der Waals surface area (Å²) < 4.78 is 2.62. The minimum Gasteiger partial charge on any atom is -0.0664 e. The summed E-state index contributed by atoms with van der Waals surface area (Å²) in [6.07, 6.45) is 0. The van der Waals surface area contributed by atoms with Crippen molar-refractivity contribution in [2.45, 2.75) is 52.4 Å². The van der Waals surface area contributed by atoms with E-state index in [4.69, 9.17) is 0 Å². The van der Waals surface area contributed by atoms with Crippen LogP contribution in [0.25, 0.3) is 76.8 Å².